The van der Waals surface area contributed by atoms with Gasteiger partial charge in [-0.1, -0.05) is 28.9 Å². The molecule has 0 aliphatic carbocycles. The summed E-state index contributed by atoms with van der Waals surface area (Å²) in [5.74, 6) is -0.156. The van der Waals surface area contributed by atoms with E-state index in [0.717, 1.165) is 22.0 Å². The SMILES string of the molecule is CCc1cc(Br)ccc1C1=C(O)C(C)OC(C)(C)C1=O. The summed E-state index contributed by atoms with van der Waals surface area (Å²) in [5.41, 5.74) is 1.29. The molecule has 4 heteroatoms. The molecule has 0 fully saturated rings. The van der Waals surface area contributed by atoms with Gasteiger partial charge in [0.1, 0.15) is 17.5 Å². The summed E-state index contributed by atoms with van der Waals surface area (Å²) in [6.45, 7) is 7.26. The van der Waals surface area contributed by atoms with Gasteiger partial charge in [-0.05, 0) is 50.5 Å². The van der Waals surface area contributed by atoms with Gasteiger partial charge < -0.3 is 9.84 Å². The Morgan fingerprint density at radius 2 is 2.05 bits per heavy atom. The van der Waals surface area contributed by atoms with Gasteiger partial charge in [0.25, 0.3) is 0 Å². The Hall–Kier alpha value is -1.13. The van der Waals surface area contributed by atoms with Crippen LogP contribution in [0.2, 0.25) is 0 Å². The molecule has 0 amide bonds. The minimum atomic E-state index is -0.918. The number of halogens is 1. The molecule has 2 rings (SSSR count). The predicted octanol–water partition coefficient (Wildman–Crippen LogP) is 4.05. The van der Waals surface area contributed by atoms with E-state index in [1.807, 2.05) is 25.1 Å². The smallest absolute Gasteiger partial charge is 0.198 e. The zero-order valence-electron chi connectivity index (χ0n) is 12.2. The molecule has 108 valence electrons. The molecule has 0 spiro atoms. The average molecular weight is 339 g/mol. The first-order chi connectivity index (χ1) is 9.27. The van der Waals surface area contributed by atoms with E-state index in [2.05, 4.69) is 15.9 Å². The van der Waals surface area contributed by atoms with Crippen LogP contribution in [0.5, 0.6) is 0 Å². The van der Waals surface area contributed by atoms with Crippen LogP contribution < -0.4 is 0 Å². The Kier molecular flexibility index (Phi) is 4.07. The maximum absolute atomic E-state index is 12.6. The molecular weight excluding hydrogens is 320 g/mol. The highest BCUT2D eigenvalue weighted by atomic mass is 79.9. The number of aliphatic hydroxyl groups excluding tert-OH is 1. The van der Waals surface area contributed by atoms with E-state index < -0.39 is 11.7 Å². The summed E-state index contributed by atoms with van der Waals surface area (Å²) in [7, 11) is 0. The summed E-state index contributed by atoms with van der Waals surface area (Å²) in [4.78, 5) is 12.6. The molecule has 0 saturated heterocycles. The van der Waals surface area contributed by atoms with Crippen molar-refractivity contribution in [3.8, 4) is 0 Å². The van der Waals surface area contributed by atoms with Crippen LogP contribution in [0.4, 0.5) is 0 Å². The Balaban J connectivity index is 2.66. The van der Waals surface area contributed by atoms with Crippen molar-refractivity contribution in [3.05, 3.63) is 39.6 Å². The number of aryl methyl sites for hydroxylation is 1. The minimum Gasteiger partial charge on any atom is -0.509 e. The molecule has 0 bridgehead atoms. The van der Waals surface area contributed by atoms with Crippen molar-refractivity contribution in [2.75, 3.05) is 0 Å². The molecule has 0 radical (unpaired) electrons. The fraction of sp³-hybridized carbons (Fsp3) is 0.438. The van der Waals surface area contributed by atoms with Gasteiger partial charge in [0, 0.05) is 4.47 Å². The molecule has 1 aromatic rings. The number of carbonyl (C=O) groups excluding carboxylic acids is 1. The molecule has 1 unspecified atom stereocenters. The number of hydrogen-bond acceptors (Lipinski definition) is 3. The van der Waals surface area contributed by atoms with Crippen LogP contribution in [-0.2, 0) is 16.0 Å². The number of Topliss-reactive ketones (excluding diaryl/α,β-unsaturated/α-hetero) is 1. The zero-order valence-corrected chi connectivity index (χ0v) is 13.7. The molecule has 1 aromatic carbocycles. The summed E-state index contributed by atoms with van der Waals surface area (Å²) in [6.07, 6.45) is 0.306. The zero-order chi connectivity index (χ0) is 15.1. The first kappa shape index (κ1) is 15.3. The molecule has 0 saturated carbocycles. The van der Waals surface area contributed by atoms with Crippen molar-refractivity contribution in [3.63, 3.8) is 0 Å². The van der Waals surface area contributed by atoms with Crippen LogP contribution in [0, 0.1) is 0 Å². The Morgan fingerprint density at radius 3 is 2.65 bits per heavy atom. The number of ketones is 1. The van der Waals surface area contributed by atoms with Crippen LogP contribution in [0.3, 0.4) is 0 Å². The van der Waals surface area contributed by atoms with E-state index in [1.54, 1.807) is 20.8 Å². The first-order valence-corrected chi connectivity index (χ1v) is 7.51. The molecule has 1 heterocycles. The number of ether oxygens (including phenoxy) is 1. The second kappa shape index (κ2) is 5.34. The van der Waals surface area contributed by atoms with Crippen LogP contribution >= 0.6 is 15.9 Å². The van der Waals surface area contributed by atoms with E-state index in [9.17, 15) is 9.90 Å². The molecule has 0 aromatic heterocycles. The monoisotopic (exact) mass is 338 g/mol. The third-order valence-electron chi connectivity index (χ3n) is 3.60. The highest BCUT2D eigenvalue weighted by molar-refractivity contribution is 9.10. The number of aliphatic hydroxyl groups is 1. The molecule has 20 heavy (non-hydrogen) atoms. The van der Waals surface area contributed by atoms with Gasteiger partial charge in [0.15, 0.2) is 5.78 Å². The van der Waals surface area contributed by atoms with Gasteiger partial charge in [0.2, 0.25) is 0 Å². The van der Waals surface area contributed by atoms with Crippen molar-refractivity contribution in [2.24, 2.45) is 0 Å². The molecule has 1 N–H and O–H groups in total. The van der Waals surface area contributed by atoms with Gasteiger partial charge in [-0.25, -0.2) is 0 Å². The lowest BCUT2D eigenvalue weighted by atomic mass is 9.84. The fourth-order valence-electron chi connectivity index (χ4n) is 2.53. The van der Waals surface area contributed by atoms with Gasteiger partial charge in [-0.3, -0.25) is 4.79 Å². The largest absolute Gasteiger partial charge is 0.509 e. The lowest BCUT2D eigenvalue weighted by Gasteiger charge is -2.34. The molecule has 1 atom stereocenters. The van der Waals surface area contributed by atoms with Crippen molar-refractivity contribution >= 4 is 27.3 Å². The van der Waals surface area contributed by atoms with E-state index in [0.29, 0.717) is 5.57 Å². The highest BCUT2D eigenvalue weighted by Gasteiger charge is 2.41. The number of hydrogen-bond donors (Lipinski definition) is 1. The Labute approximate surface area is 127 Å². The number of carbonyl (C=O) groups is 1. The maximum Gasteiger partial charge on any atom is 0.198 e. The average Bonchev–Trinajstić information content (AvgIpc) is 2.38. The van der Waals surface area contributed by atoms with Crippen molar-refractivity contribution in [2.45, 2.75) is 45.8 Å². The standard InChI is InChI=1S/C16H19BrO3/c1-5-10-8-11(17)6-7-12(10)13-14(18)9(2)20-16(3,4)15(13)19/h6-9,18H,5H2,1-4H3. The quantitative estimate of drug-likeness (QED) is 0.884. The van der Waals surface area contributed by atoms with Gasteiger partial charge in [-0.15, -0.1) is 0 Å². The minimum absolute atomic E-state index is 0.0198. The summed E-state index contributed by atoms with van der Waals surface area (Å²) in [5, 5.41) is 10.3. The topological polar surface area (TPSA) is 46.5 Å². The maximum atomic E-state index is 12.6. The third-order valence-corrected chi connectivity index (χ3v) is 4.10. The molecular formula is C16H19BrO3. The van der Waals surface area contributed by atoms with Crippen LogP contribution in [0.15, 0.2) is 28.4 Å². The van der Waals surface area contributed by atoms with Crippen LogP contribution in [-0.4, -0.2) is 22.6 Å². The van der Waals surface area contributed by atoms with E-state index in [4.69, 9.17) is 4.74 Å². The molecule has 1 aliphatic rings. The summed E-state index contributed by atoms with van der Waals surface area (Å²) < 4.78 is 6.54. The summed E-state index contributed by atoms with van der Waals surface area (Å²) >= 11 is 3.44. The first-order valence-electron chi connectivity index (χ1n) is 6.72. The van der Waals surface area contributed by atoms with Crippen molar-refractivity contribution < 1.29 is 14.6 Å². The van der Waals surface area contributed by atoms with Crippen molar-refractivity contribution in [1.29, 1.82) is 0 Å². The van der Waals surface area contributed by atoms with E-state index >= 15 is 0 Å². The fourth-order valence-corrected chi connectivity index (χ4v) is 2.94. The highest BCUT2D eigenvalue weighted by Crippen LogP contribution is 2.36. The van der Waals surface area contributed by atoms with Gasteiger partial charge in [-0.2, -0.15) is 0 Å². The molecule has 3 nitrogen and oxygen atoms in total. The Bertz CT molecular complexity index is 587. The van der Waals surface area contributed by atoms with Crippen molar-refractivity contribution in [1.82, 2.24) is 0 Å². The summed E-state index contributed by atoms with van der Waals surface area (Å²) in [6, 6.07) is 5.74. The second-order valence-corrected chi connectivity index (χ2v) is 6.43. The van der Waals surface area contributed by atoms with Gasteiger partial charge in [0.05, 0.1) is 5.57 Å². The van der Waals surface area contributed by atoms with Gasteiger partial charge >= 0.3 is 0 Å². The molecule has 1 aliphatic heterocycles. The Morgan fingerprint density at radius 1 is 1.40 bits per heavy atom. The normalized spacial score (nSPS) is 22.2. The predicted molar refractivity (Wildman–Crippen MR) is 82.7 cm³/mol. The van der Waals surface area contributed by atoms with E-state index in [1.165, 1.54) is 0 Å². The second-order valence-electron chi connectivity index (χ2n) is 5.51. The van der Waals surface area contributed by atoms with Crippen LogP contribution in [0.25, 0.3) is 5.57 Å². The van der Waals surface area contributed by atoms with E-state index in [-0.39, 0.29) is 11.5 Å². The number of benzene rings is 1. The van der Waals surface area contributed by atoms with Crippen LogP contribution in [0.1, 0.15) is 38.8 Å². The lowest BCUT2D eigenvalue weighted by Crippen LogP contribution is -2.44. The number of rotatable bonds is 2. The third kappa shape index (κ3) is 2.54. The lowest BCUT2D eigenvalue weighted by molar-refractivity contribution is -0.142.